The van der Waals surface area contributed by atoms with Crippen molar-refractivity contribution in [3.8, 4) is 39.7 Å². The smallest absolute Gasteiger partial charge is 0.309 e. The molecule has 0 aliphatic rings. The Bertz CT molecular complexity index is 4330. The van der Waals surface area contributed by atoms with Gasteiger partial charge in [0, 0.05) is 73.1 Å². The summed E-state index contributed by atoms with van der Waals surface area (Å²) < 4.78 is 96.8. The molecule has 11 heteroatoms. The second-order valence-corrected chi connectivity index (χ2v) is 19.0. The fraction of sp³-hybridized carbons (Fsp3) is 0.0351. The van der Waals surface area contributed by atoms with Crippen molar-refractivity contribution in [1.82, 2.24) is 9.13 Å². The normalized spacial score (nSPS) is 12.5. The third-order valence-corrected chi connectivity index (χ3v) is 15.6. The molecule has 4 aromatic heterocycles. The maximum Gasteiger partial charge on any atom is 0.417 e. The first-order valence-electron chi connectivity index (χ1n) is 21.6. The van der Waals surface area contributed by atoms with E-state index in [9.17, 15) is 18.4 Å². The summed E-state index contributed by atoms with van der Waals surface area (Å²) in [6.45, 7) is 0. The summed E-state index contributed by atoms with van der Waals surface area (Å²) in [6, 6.07) is 55.0. The van der Waals surface area contributed by atoms with Crippen LogP contribution >= 0.6 is 22.7 Å². The summed E-state index contributed by atoms with van der Waals surface area (Å²) >= 11 is 3.38. The molecule has 0 bridgehead atoms. The molecule has 0 aliphatic carbocycles. The van der Waals surface area contributed by atoms with Crippen LogP contribution < -0.4 is 0 Å². The van der Waals surface area contributed by atoms with Crippen LogP contribution in [-0.4, -0.2) is 9.13 Å². The predicted molar refractivity (Wildman–Crippen MR) is 266 cm³/mol. The van der Waals surface area contributed by atoms with Crippen LogP contribution in [0.5, 0.6) is 0 Å². The average Bonchev–Trinajstić information content (AvgIpc) is 4.10. The fourth-order valence-corrected chi connectivity index (χ4v) is 12.9. The zero-order valence-electron chi connectivity index (χ0n) is 35.2. The Labute approximate surface area is 390 Å². The molecule has 13 aromatic rings. The number of nitrogens with zero attached hydrogens (tertiary/aromatic N) is 3. The minimum Gasteiger partial charge on any atom is -0.309 e. The van der Waals surface area contributed by atoms with E-state index in [-0.39, 0.29) is 17.2 Å². The van der Waals surface area contributed by atoms with E-state index < -0.39 is 29.0 Å². The maximum atomic E-state index is 15.3. The molecular weight excluding hydrogens is 905 g/mol. The lowest BCUT2D eigenvalue weighted by Gasteiger charge is -2.22. The van der Waals surface area contributed by atoms with E-state index in [2.05, 4.69) is 75.9 Å². The van der Waals surface area contributed by atoms with Crippen LogP contribution in [0.2, 0.25) is 0 Å². The van der Waals surface area contributed by atoms with E-state index in [1.54, 1.807) is 53.0 Å². The second-order valence-electron chi connectivity index (χ2n) is 16.9. The Hall–Kier alpha value is -7.91. The highest BCUT2D eigenvalue weighted by atomic mass is 32.1. The molecule has 13 rings (SSSR count). The van der Waals surface area contributed by atoms with E-state index in [1.807, 2.05) is 66.7 Å². The van der Waals surface area contributed by atoms with Crippen molar-refractivity contribution in [1.29, 1.82) is 5.26 Å². The summed E-state index contributed by atoms with van der Waals surface area (Å²) in [5.74, 6) is 0. The fourth-order valence-electron chi connectivity index (χ4n) is 10.3. The number of hydrogen-bond donors (Lipinski definition) is 0. The first-order valence-corrected chi connectivity index (χ1v) is 23.2. The third kappa shape index (κ3) is 5.90. The second kappa shape index (κ2) is 14.5. The van der Waals surface area contributed by atoms with Crippen molar-refractivity contribution in [3.63, 3.8) is 0 Å². The van der Waals surface area contributed by atoms with Gasteiger partial charge >= 0.3 is 12.4 Å². The number of aromatic nitrogens is 2. The summed E-state index contributed by atoms with van der Waals surface area (Å²) in [7, 11) is 0. The first kappa shape index (κ1) is 40.4. The summed E-state index contributed by atoms with van der Waals surface area (Å²) in [5.41, 5.74) is 2.33. The third-order valence-electron chi connectivity index (χ3n) is 13.2. The van der Waals surface area contributed by atoms with Gasteiger partial charge in [-0.1, -0.05) is 97.1 Å². The largest absolute Gasteiger partial charge is 0.417 e. The van der Waals surface area contributed by atoms with Gasteiger partial charge in [0.25, 0.3) is 0 Å². The number of thiophene rings is 2. The molecule has 0 fully saturated rings. The van der Waals surface area contributed by atoms with Gasteiger partial charge in [0.15, 0.2) is 0 Å². The van der Waals surface area contributed by atoms with Gasteiger partial charge in [-0.3, -0.25) is 0 Å². The Balaban J connectivity index is 1.15. The van der Waals surface area contributed by atoms with E-state index in [0.29, 0.717) is 28.6 Å². The van der Waals surface area contributed by atoms with Crippen LogP contribution in [0.4, 0.5) is 26.3 Å². The molecule has 0 radical (unpaired) electrons. The summed E-state index contributed by atoms with van der Waals surface area (Å²) in [4.78, 5) is 0. The van der Waals surface area contributed by atoms with Crippen LogP contribution in [0.3, 0.4) is 0 Å². The van der Waals surface area contributed by atoms with Gasteiger partial charge in [-0.15, -0.1) is 22.7 Å². The van der Waals surface area contributed by atoms with Gasteiger partial charge in [-0.25, -0.2) is 0 Å². The number of para-hydroxylation sites is 2. The average molecular weight is 934 g/mol. The molecule has 0 atom stereocenters. The van der Waals surface area contributed by atoms with E-state index >= 15 is 13.2 Å². The molecule has 0 amide bonds. The molecule has 0 saturated heterocycles. The Morgan fingerprint density at radius 1 is 0.412 bits per heavy atom. The van der Waals surface area contributed by atoms with Crippen molar-refractivity contribution in [2.75, 3.05) is 0 Å². The molecule has 0 aliphatic heterocycles. The van der Waals surface area contributed by atoms with Crippen LogP contribution in [0.1, 0.15) is 16.7 Å². The highest BCUT2D eigenvalue weighted by Gasteiger charge is 2.39. The number of fused-ring (bicyclic) bond motifs is 14. The monoisotopic (exact) mass is 933 g/mol. The number of rotatable bonds is 4. The lowest BCUT2D eigenvalue weighted by molar-refractivity contribution is -0.142. The zero-order chi connectivity index (χ0) is 46.2. The van der Waals surface area contributed by atoms with Crippen LogP contribution in [0.25, 0.3) is 118 Å². The molecule has 68 heavy (non-hydrogen) atoms. The van der Waals surface area contributed by atoms with Gasteiger partial charge < -0.3 is 9.13 Å². The van der Waals surface area contributed by atoms with Gasteiger partial charge in [-0.05, 0) is 95.6 Å². The quantitative estimate of drug-likeness (QED) is 0.162. The number of benzene rings is 9. The Morgan fingerprint density at radius 3 is 1.54 bits per heavy atom. The van der Waals surface area contributed by atoms with Crippen molar-refractivity contribution >= 4 is 107 Å². The molecule has 0 spiro atoms. The molecule has 4 heterocycles. The minimum atomic E-state index is -5.16. The predicted octanol–water partition coefficient (Wildman–Crippen LogP) is 17.9. The molecule has 9 aromatic carbocycles. The van der Waals surface area contributed by atoms with Crippen molar-refractivity contribution < 1.29 is 26.3 Å². The first-order chi connectivity index (χ1) is 33.0. The molecular formula is C57H29F6N3S2. The highest BCUT2D eigenvalue weighted by molar-refractivity contribution is 7.27. The summed E-state index contributed by atoms with van der Waals surface area (Å²) in [5, 5.41) is 18.9. The van der Waals surface area contributed by atoms with Gasteiger partial charge in [0.05, 0.1) is 50.5 Å². The SMILES string of the molecule is N#Cc1ccc(-n2c3ccccc3c3c4sc5ccccc5c4ccc32)c(-c2cc(-n3c4ccccc4c4c5sc6ccccc6c5ccc43)ccc2-c2ccc(C(F)(F)F)cc2C(F)(F)F)c1. The zero-order valence-corrected chi connectivity index (χ0v) is 36.8. The summed E-state index contributed by atoms with van der Waals surface area (Å²) in [6.07, 6.45) is -10.2. The highest BCUT2D eigenvalue weighted by Crippen LogP contribution is 2.49. The molecule has 326 valence electrons. The van der Waals surface area contributed by atoms with Crippen LogP contribution in [-0.2, 0) is 12.4 Å². The lowest BCUT2D eigenvalue weighted by atomic mass is 9.88. The molecule has 0 unspecified atom stereocenters. The number of nitriles is 1. The van der Waals surface area contributed by atoms with E-state index in [4.69, 9.17) is 0 Å². The van der Waals surface area contributed by atoms with E-state index in [1.165, 1.54) is 0 Å². The topological polar surface area (TPSA) is 33.6 Å². The van der Waals surface area contributed by atoms with Gasteiger partial charge in [-0.2, -0.15) is 31.6 Å². The maximum absolute atomic E-state index is 15.3. The van der Waals surface area contributed by atoms with Crippen molar-refractivity contribution in [2.24, 2.45) is 0 Å². The Morgan fingerprint density at radius 2 is 0.956 bits per heavy atom. The molecule has 3 nitrogen and oxygen atoms in total. The van der Waals surface area contributed by atoms with E-state index in [0.717, 1.165) is 90.0 Å². The Kier molecular flexibility index (Phi) is 8.63. The van der Waals surface area contributed by atoms with Gasteiger partial charge in [0.2, 0.25) is 0 Å². The van der Waals surface area contributed by atoms with Crippen LogP contribution in [0, 0.1) is 11.3 Å². The van der Waals surface area contributed by atoms with Crippen molar-refractivity contribution in [3.05, 3.63) is 193 Å². The number of hydrogen-bond acceptors (Lipinski definition) is 3. The molecule has 0 saturated carbocycles. The minimum absolute atomic E-state index is 0.0477. The van der Waals surface area contributed by atoms with Gasteiger partial charge in [0.1, 0.15) is 0 Å². The van der Waals surface area contributed by atoms with Crippen LogP contribution in [0.15, 0.2) is 176 Å². The molecule has 0 N–H and O–H groups in total. The lowest BCUT2D eigenvalue weighted by Crippen LogP contribution is -2.12. The number of halogens is 6. The standard InChI is InChI=1S/C57H29F6N3S2/c58-56(59,60)32-18-20-35(44(28-32)57(61,62)63)34-21-19-33(65-45-13-5-1-11-40(45)52-48(65)25-22-38-36-9-3-7-15-50(36)67-54(38)52)29-42(34)43-27-31(30-64)17-24-47(43)66-46-14-6-2-12-41(46)53-49(66)26-23-39-37-10-4-8-16-51(37)68-55(39)53/h1-29H. The van der Waals surface area contributed by atoms with Crippen molar-refractivity contribution in [2.45, 2.75) is 12.4 Å². The number of alkyl halides is 6.